The van der Waals surface area contributed by atoms with E-state index in [-0.39, 0.29) is 47.7 Å². The van der Waals surface area contributed by atoms with Crippen LogP contribution in [0.4, 0.5) is 20.4 Å². The van der Waals surface area contributed by atoms with Crippen molar-refractivity contribution in [1.82, 2.24) is 38.7 Å². The van der Waals surface area contributed by atoms with Crippen LogP contribution >= 0.6 is 23.2 Å². The van der Waals surface area contributed by atoms with E-state index in [4.69, 9.17) is 27.9 Å². The molecule has 3 aromatic heterocycles. The molecule has 17 heteroatoms. The van der Waals surface area contributed by atoms with Gasteiger partial charge in [-0.1, -0.05) is 23.2 Å². The second-order valence-electron chi connectivity index (χ2n) is 10.8. The number of hydrogen-bond acceptors (Lipinski definition) is 9. The lowest BCUT2D eigenvalue weighted by molar-refractivity contribution is -0.155. The van der Waals surface area contributed by atoms with Gasteiger partial charge in [0.05, 0.1) is 34.3 Å². The zero-order valence-electron chi connectivity index (χ0n) is 23.8. The lowest BCUT2D eigenvalue weighted by Crippen LogP contribution is -2.43. The standard InChI is InChI=1S/C27H25Cl2F2N9O4/c1-27(2,3)44-22(41)12-38-10-15-7-20(16(28)8-19(15)35-38)33-24-34-25(42)40(11-21-32-13-37(4)36-21)26(43)39(24)9-14-5-17(29)23(31)18(30)6-14/h5-8,10,13H,9,11-12H2,1-4H3,(H,33,34,42). The third-order valence-electron chi connectivity index (χ3n) is 6.08. The summed E-state index contributed by atoms with van der Waals surface area (Å²) in [6.07, 6.45) is 3.00. The smallest absolute Gasteiger partial charge is 0.355 e. The minimum absolute atomic E-state index is 0.118. The summed E-state index contributed by atoms with van der Waals surface area (Å²) in [5.74, 6) is -3.01. The number of carbonyl (C=O) groups excluding carboxylic acids is 1. The van der Waals surface area contributed by atoms with Gasteiger partial charge in [0.15, 0.2) is 17.5 Å². The summed E-state index contributed by atoms with van der Waals surface area (Å²) in [5, 5.41) is 11.6. The summed E-state index contributed by atoms with van der Waals surface area (Å²) in [4.78, 5) is 47.1. The fraction of sp³-hybridized carbons (Fsp3) is 0.296. The quantitative estimate of drug-likeness (QED) is 0.197. The second-order valence-corrected chi connectivity index (χ2v) is 11.6. The van der Waals surface area contributed by atoms with Crippen LogP contribution < -0.4 is 16.7 Å². The van der Waals surface area contributed by atoms with Crippen LogP contribution in [0.2, 0.25) is 10.0 Å². The summed E-state index contributed by atoms with van der Waals surface area (Å²) >= 11 is 12.4. The van der Waals surface area contributed by atoms with Gasteiger partial charge in [-0.05, 0) is 50.6 Å². The first-order valence-electron chi connectivity index (χ1n) is 13.0. The van der Waals surface area contributed by atoms with Crippen LogP contribution in [-0.4, -0.2) is 50.2 Å². The van der Waals surface area contributed by atoms with E-state index in [9.17, 15) is 23.2 Å². The minimum Gasteiger partial charge on any atom is -0.459 e. The molecule has 0 saturated carbocycles. The first kappa shape index (κ1) is 30.8. The molecule has 0 radical (unpaired) electrons. The molecule has 0 saturated heterocycles. The van der Waals surface area contributed by atoms with Crippen molar-refractivity contribution in [2.24, 2.45) is 7.05 Å². The highest BCUT2D eigenvalue weighted by Gasteiger charge is 2.20. The molecule has 0 aliphatic carbocycles. The Hall–Kier alpha value is -4.63. The zero-order chi connectivity index (χ0) is 31.9. The maximum Gasteiger partial charge on any atom is 0.355 e. The van der Waals surface area contributed by atoms with Crippen molar-refractivity contribution >= 4 is 51.7 Å². The first-order valence-corrected chi connectivity index (χ1v) is 13.8. The highest BCUT2D eigenvalue weighted by Crippen LogP contribution is 2.30. The molecular weight excluding hydrogens is 623 g/mol. The van der Waals surface area contributed by atoms with E-state index in [1.807, 2.05) is 0 Å². The normalized spacial score (nSPS) is 11.7. The Morgan fingerprint density at radius 1 is 1.02 bits per heavy atom. The topological polar surface area (TPSA) is 144 Å². The fourth-order valence-electron chi connectivity index (χ4n) is 4.28. The summed E-state index contributed by atoms with van der Waals surface area (Å²) in [5.41, 5.74) is -1.62. The molecular formula is C27H25Cl2F2N9O4. The number of ether oxygens (including phenoxy) is 1. The molecule has 5 aromatic rings. The molecule has 1 N–H and O–H groups in total. The number of aryl methyl sites for hydroxylation is 1. The van der Waals surface area contributed by atoms with E-state index in [1.165, 1.54) is 21.8 Å². The lowest BCUT2D eigenvalue weighted by Gasteiger charge is -2.19. The minimum atomic E-state index is -1.24. The Balaban J connectivity index is 1.54. The van der Waals surface area contributed by atoms with Crippen molar-refractivity contribution < 1.29 is 18.3 Å². The molecule has 0 amide bonds. The van der Waals surface area contributed by atoms with E-state index in [2.05, 4.69) is 25.5 Å². The van der Waals surface area contributed by atoms with Crippen LogP contribution in [0.3, 0.4) is 0 Å². The van der Waals surface area contributed by atoms with Gasteiger partial charge in [-0.25, -0.2) is 27.9 Å². The van der Waals surface area contributed by atoms with Crippen molar-refractivity contribution in [2.75, 3.05) is 5.32 Å². The van der Waals surface area contributed by atoms with E-state index in [1.54, 1.807) is 40.1 Å². The van der Waals surface area contributed by atoms with Crippen LogP contribution in [0, 0.1) is 11.6 Å². The Morgan fingerprint density at radius 2 is 1.77 bits per heavy atom. The molecule has 0 bridgehead atoms. The van der Waals surface area contributed by atoms with Crippen LogP contribution in [0.25, 0.3) is 10.9 Å². The predicted octanol–water partition coefficient (Wildman–Crippen LogP) is 3.65. The van der Waals surface area contributed by atoms with E-state index < -0.39 is 39.6 Å². The third-order valence-corrected chi connectivity index (χ3v) is 6.67. The number of nitrogens with zero attached hydrogens (tertiary/aromatic N) is 8. The largest absolute Gasteiger partial charge is 0.459 e. The van der Waals surface area contributed by atoms with Gasteiger partial charge in [0.25, 0.3) is 0 Å². The van der Waals surface area contributed by atoms with E-state index in [0.29, 0.717) is 10.9 Å². The highest BCUT2D eigenvalue weighted by atomic mass is 35.5. The molecule has 0 aliphatic rings. The third kappa shape index (κ3) is 6.78. The maximum absolute atomic E-state index is 14.2. The predicted molar refractivity (Wildman–Crippen MR) is 157 cm³/mol. The zero-order valence-corrected chi connectivity index (χ0v) is 25.3. The molecule has 13 nitrogen and oxygen atoms in total. The molecule has 0 fully saturated rings. The van der Waals surface area contributed by atoms with Gasteiger partial charge >= 0.3 is 17.3 Å². The van der Waals surface area contributed by atoms with Crippen LogP contribution in [0.5, 0.6) is 0 Å². The number of fused-ring (bicyclic) bond motifs is 1. The molecule has 0 aliphatic heterocycles. The van der Waals surface area contributed by atoms with Gasteiger partial charge in [-0.3, -0.25) is 18.7 Å². The lowest BCUT2D eigenvalue weighted by atomic mass is 10.2. The van der Waals surface area contributed by atoms with Crippen molar-refractivity contribution in [2.45, 2.75) is 46.0 Å². The van der Waals surface area contributed by atoms with Crippen LogP contribution in [-0.2, 0) is 36.2 Å². The summed E-state index contributed by atoms with van der Waals surface area (Å²) in [7, 11) is 1.62. The molecule has 44 heavy (non-hydrogen) atoms. The van der Waals surface area contributed by atoms with Crippen molar-refractivity contribution in [3.63, 3.8) is 0 Å². The average molecular weight is 648 g/mol. The number of rotatable bonds is 8. The summed E-state index contributed by atoms with van der Waals surface area (Å²) < 4.78 is 38.0. The van der Waals surface area contributed by atoms with Gasteiger partial charge < -0.3 is 10.1 Å². The van der Waals surface area contributed by atoms with Gasteiger partial charge in [0, 0.05) is 18.6 Å². The highest BCUT2D eigenvalue weighted by molar-refractivity contribution is 6.34. The Morgan fingerprint density at radius 3 is 2.43 bits per heavy atom. The first-order chi connectivity index (χ1) is 20.7. The molecule has 0 atom stereocenters. The van der Waals surface area contributed by atoms with E-state index >= 15 is 0 Å². The van der Waals surface area contributed by atoms with Crippen molar-refractivity contribution in [3.05, 3.63) is 90.8 Å². The number of anilines is 2. The Bertz CT molecular complexity index is 2010. The molecule has 2 aromatic carbocycles. The molecule has 3 heterocycles. The van der Waals surface area contributed by atoms with Gasteiger partial charge in [0.1, 0.15) is 18.5 Å². The summed E-state index contributed by atoms with van der Waals surface area (Å²) in [6, 6.07) is 5.15. The van der Waals surface area contributed by atoms with Crippen LogP contribution in [0.1, 0.15) is 32.2 Å². The monoisotopic (exact) mass is 647 g/mol. The van der Waals surface area contributed by atoms with Gasteiger partial charge in [-0.15, -0.1) is 0 Å². The Labute approximate surface area is 257 Å². The molecule has 0 unspecified atom stereocenters. The van der Waals surface area contributed by atoms with Gasteiger partial charge in [-0.2, -0.15) is 15.2 Å². The molecule has 0 spiro atoms. The van der Waals surface area contributed by atoms with Gasteiger partial charge in [0.2, 0.25) is 5.95 Å². The number of aromatic nitrogens is 8. The van der Waals surface area contributed by atoms with Crippen molar-refractivity contribution in [3.8, 4) is 0 Å². The number of hydrogen-bond donors (Lipinski definition) is 1. The molecule has 230 valence electrons. The maximum atomic E-state index is 14.2. The average Bonchev–Trinajstić information content (AvgIpc) is 3.50. The van der Waals surface area contributed by atoms with E-state index in [0.717, 1.165) is 21.3 Å². The number of nitrogens with one attached hydrogen (secondary N) is 1. The Kier molecular flexibility index (Phi) is 8.27. The molecule has 5 rings (SSSR count). The number of esters is 1. The summed E-state index contributed by atoms with van der Waals surface area (Å²) in [6.45, 7) is 4.47. The van der Waals surface area contributed by atoms with Crippen LogP contribution in [0.15, 0.2) is 46.4 Å². The number of carbonyl (C=O) groups is 1. The number of benzene rings is 2. The second kappa shape index (κ2) is 11.8. The van der Waals surface area contributed by atoms with Crippen molar-refractivity contribution in [1.29, 1.82) is 0 Å². The number of halogens is 4. The SMILES string of the molecule is Cn1cnc(Cn2c(=O)nc(Nc3cc4cn(CC(=O)OC(C)(C)C)nc4cc3Cl)n(Cc3cc(F)c(F)c(Cl)c3)c2=O)n1. The fourth-order valence-corrected chi connectivity index (χ4v) is 4.72.